The van der Waals surface area contributed by atoms with Crippen molar-refractivity contribution < 1.29 is 19.1 Å². The highest BCUT2D eigenvalue weighted by atomic mass is 16.5. The van der Waals surface area contributed by atoms with Gasteiger partial charge in [-0.1, -0.05) is 6.08 Å². The smallest absolute Gasteiger partial charge is 0.336 e. The first-order valence-electron chi connectivity index (χ1n) is 5.12. The Morgan fingerprint density at radius 2 is 2.41 bits per heavy atom. The zero-order valence-corrected chi connectivity index (χ0v) is 9.56. The molecule has 7 heteroatoms. The van der Waals surface area contributed by atoms with Crippen molar-refractivity contribution in [2.24, 2.45) is 5.92 Å². The Bertz CT molecular complexity index is 342. The Kier molecular flexibility index (Phi) is 4.50. The van der Waals surface area contributed by atoms with E-state index in [2.05, 4.69) is 22.1 Å². The fourth-order valence-electron chi connectivity index (χ4n) is 1.46. The number of hydrogen-bond donors (Lipinski definition) is 2. The fraction of sp³-hybridized carbons (Fsp3) is 0.500. The van der Waals surface area contributed by atoms with E-state index in [4.69, 9.17) is 0 Å². The van der Waals surface area contributed by atoms with Crippen LogP contribution in [0.5, 0.6) is 0 Å². The average Bonchev–Trinajstić information content (AvgIpc) is 2.34. The lowest BCUT2D eigenvalue weighted by Crippen LogP contribution is -2.57. The van der Waals surface area contributed by atoms with Crippen LogP contribution in [0.3, 0.4) is 0 Å². The highest BCUT2D eigenvalue weighted by molar-refractivity contribution is 5.87. The third kappa shape index (κ3) is 3.47. The van der Waals surface area contributed by atoms with Crippen molar-refractivity contribution in [1.82, 2.24) is 15.8 Å². The maximum atomic E-state index is 11.6. The summed E-state index contributed by atoms with van der Waals surface area (Å²) in [5, 5.41) is 3.57. The second-order valence-electron chi connectivity index (χ2n) is 3.54. The molecule has 1 heterocycles. The highest BCUT2D eigenvalue weighted by Gasteiger charge is 2.33. The van der Waals surface area contributed by atoms with E-state index in [0.29, 0.717) is 0 Å². The molecule has 1 fully saturated rings. The summed E-state index contributed by atoms with van der Waals surface area (Å²) in [4.78, 5) is 34.2. The number of hydrazine groups is 1. The molecule has 0 spiro atoms. The van der Waals surface area contributed by atoms with Crippen LogP contribution in [-0.2, 0) is 14.3 Å². The number of carbonyl (C=O) groups excluding carboxylic acids is 3. The molecule has 0 saturated carbocycles. The van der Waals surface area contributed by atoms with Crippen LogP contribution < -0.4 is 10.7 Å². The van der Waals surface area contributed by atoms with Crippen molar-refractivity contribution in [2.75, 3.05) is 20.2 Å². The van der Waals surface area contributed by atoms with E-state index in [1.165, 1.54) is 13.2 Å². The first-order valence-corrected chi connectivity index (χ1v) is 5.12. The normalized spacial score (nSPS) is 19.2. The van der Waals surface area contributed by atoms with Crippen LogP contribution in [0.1, 0.15) is 6.42 Å². The zero-order chi connectivity index (χ0) is 12.8. The number of urea groups is 1. The van der Waals surface area contributed by atoms with Crippen molar-refractivity contribution in [3.8, 4) is 0 Å². The monoisotopic (exact) mass is 241 g/mol. The minimum Gasteiger partial charge on any atom is -0.469 e. The molecular formula is C10H15N3O4. The molecule has 1 atom stereocenters. The molecule has 2 N–H and O–H groups in total. The van der Waals surface area contributed by atoms with E-state index < -0.39 is 17.9 Å². The van der Waals surface area contributed by atoms with Crippen LogP contribution in [0.4, 0.5) is 4.79 Å². The molecule has 1 saturated heterocycles. The first-order chi connectivity index (χ1) is 8.08. The highest BCUT2D eigenvalue weighted by Crippen LogP contribution is 2.12. The van der Waals surface area contributed by atoms with Gasteiger partial charge in [0, 0.05) is 13.0 Å². The quantitative estimate of drug-likeness (QED) is 0.510. The van der Waals surface area contributed by atoms with Gasteiger partial charge >= 0.3 is 12.0 Å². The van der Waals surface area contributed by atoms with E-state index in [-0.39, 0.29) is 25.4 Å². The van der Waals surface area contributed by atoms with Crippen molar-refractivity contribution in [3.63, 3.8) is 0 Å². The molecular weight excluding hydrogens is 226 g/mol. The Balaban J connectivity index is 2.61. The number of nitrogens with zero attached hydrogens (tertiary/aromatic N) is 1. The topological polar surface area (TPSA) is 87.7 Å². The zero-order valence-electron chi connectivity index (χ0n) is 9.56. The standard InChI is InChI=1S/C10H15N3O4/c1-3-4-11-10(16)13-6-7(9(15)17-2)5-8(14)12-13/h3,7H,1,4-6H2,2H3,(H,11,16)(H,12,14). The van der Waals surface area contributed by atoms with Gasteiger partial charge in [0.2, 0.25) is 5.91 Å². The predicted octanol–water partition coefficient (Wildman–Crippen LogP) is -0.592. The third-order valence-electron chi connectivity index (χ3n) is 2.27. The van der Waals surface area contributed by atoms with Gasteiger partial charge in [-0.05, 0) is 0 Å². The molecule has 0 aromatic rings. The Morgan fingerprint density at radius 3 is 3.00 bits per heavy atom. The van der Waals surface area contributed by atoms with Gasteiger partial charge in [0.25, 0.3) is 0 Å². The van der Waals surface area contributed by atoms with Crippen LogP contribution >= 0.6 is 0 Å². The molecule has 1 rings (SSSR count). The molecule has 0 bridgehead atoms. The molecule has 3 amide bonds. The molecule has 0 aromatic carbocycles. The number of amides is 3. The number of esters is 1. The minimum atomic E-state index is -0.622. The van der Waals surface area contributed by atoms with Gasteiger partial charge in [0.05, 0.1) is 19.6 Å². The van der Waals surface area contributed by atoms with Gasteiger partial charge in [-0.15, -0.1) is 6.58 Å². The van der Waals surface area contributed by atoms with E-state index in [1.807, 2.05) is 0 Å². The van der Waals surface area contributed by atoms with Gasteiger partial charge in [0.15, 0.2) is 0 Å². The summed E-state index contributed by atoms with van der Waals surface area (Å²) >= 11 is 0. The first kappa shape index (κ1) is 13.0. The van der Waals surface area contributed by atoms with Gasteiger partial charge in [-0.2, -0.15) is 0 Å². The summed E-state index contributed by atoms with van der Waals surface area (Å²) < 4.78 is 4.55. The van der Waals surface area contributed by atoms with Crippen LogP contribution in [0, 0.1) is 5.92 Å². The lowest BCUT2D eigenvalue weighted by molar-refractivity contribution is -0.151. The van der Waals surface area contributed by atoms with Crippen molar-refractivity contribution in [3.05, 3.63) is 12.7 Å². The van der Waals surface area contributed by atoms with Crippen molar-refractivity contribution in [2.45, 2.75) is 6.42 Å². The summed E-state index contributed by atoms with van der Waals surface area (Å²) in [6.45, 7) is 3.84. The van der Waals surface area contributed by atoms with Gasteiger partial charge in [-0.3, -0.25) is 15.0 Å². The summed E-state index contributed by atoms with van der Waals surface area (Å²) in [7, 11) is 1.25. The molecule has 0 aromatic heterocycles. The van der Waals surface area contributed by atoms with E-state index in [0.717, 1.165) is 5.01 Å². The second-order valence-corrected chi connectivity index (χ2v) is 3.54. The average molecular weight is 241 g/mol. The van der Waals surface area contributed by atoms with Gasteiger partial charge in [0.1, 0.15) is 0 Å². The molecule has 7 nitrogen and oxygen atoms in total. The third-order valence-corrected chi connectivity index (χ3v) is 2.27. The molecule has 17 heavy (non-hydrogen) atoms. The molecule has 94 valence electrons. The van der Waals surface area contributed by atoms with E-state index >= 15 is 0 Å². The fourth-order valence-corrected chi connectivity index (χ4v) is 1.46. The number of methoxy groups -OCH3 is 1. The lowest BCUT2D eigenvalue weighted by Gasteiger charge is -2.31. The van der Waals surface area contributed by atoms with Crippen molar-refractivity contribution >= 4 is 17.9 Å². The SMILES string of the molecule is C=CCNC(=O)N1CC(C(=O)OC)CC(=O)N1. The van der Waals surface area contributed by atoms with Gasteiger partial charge in [-0.25, -0.2) is 9.80 Å². The van der Waals surface area contributed by atoms with E-state index in [9.17, 15) is 14.4 Å². The summed E-state index contributed by atoms with van der Waals surface area (Å²) in [5.41, 5.74) is 2.37. The lowest BCUT2D eigenvalue weighted by atomic mass is 10.0. The number of carbonyl (C=O) groups is 3. The maximum absolute atomic E-state index is 11.6. The predicted molar refractivity (Wildman–Crippen MR) is 58.6 cm³/mol. The second kappa shape index (κ2) is 5.88. The number of hydrogen-bond acceptors (Lipinski definition) is 4. The molecule has 1 unspecified atom stereocenters. The van der Waals surface area contributed by atoms with Crippen LogP contribution in [0.25, 0.3) is 0 Å². The molecule has 1 aliphatic rings. The Morgan fingerprint density at radius 1 is 1.71 bits per heavy atom. The summed E-state index contributed by atoms with van der Waals surface area (Å²) in [6.07, 6.45) is 1.54. The number of ether oxygens (including phenoxy) is 1. The summed E-state index contributed by atoms with van der Waals surface area (Å²) in [5.74, 6) is -1.51. The Labute approximate surface area is 98.8 Å². The Hall–Kier alpha value is -2.05. The minimum absolute atomic E-state index is 0.0257. The maximum Gasteiger partial charge on any atom is 0.336 e. The molecule has 0 radical (unpaired) electrons. The largest absolute Gasteiger partial charge is 0.469 e. The van der Waals surface area contributed by atoms with Crippen LogP contribution in [0.2, 0.25) is 0 Å². The number of rotatable bonds is 3. The van der Waals surface area contributed by atoms with E-state index in [1.54, 1.807) is 0 Å². The van der Waals surface area contributed by atoms with Crippen LogP contribution in [-0.4, -0.2) is 43.1 Å². The molecule has 0 aliphatic carbocycles. The van der Waals surface area contributed by atoms with Crippen molar-refractivity contribution in [1.29, 1.82) is 0 Å². The number of nitrogens with one attached hydrogen (secondary N) is 2. The molecule has 1 aliphatic heterocycles. The summed E-state index contributed by atoms with van der Waals surface area (Å²) in [6, 6.07) is -0.480. The van der Waals surface area contributed by atoms with Crippen LogP contribution in [0.15, 0.2) is 12.7 Å². The van der Waals surface area contributed by atoms with Gasteiger partial charge < -0.3 is 10.1 Å².